The maximum absolute atomic E-state index is 6.08. The van der Waals surface area contributed by atoms with Crippen molar-refractivity contribution in [2.24, 2.45) is 0 Å². The van der Waals surface area contributed by atoms with E-state index in [4.69, 9.17) is 27.4 Å². The second kappa shape index (κ2) is 11.7. The first-order valence-electron chi connectivity index (χ1n) is 13.5. The number of likely N-dealkylation sites (N-methyl/N-ethyl adjacent to an activating group) is 1. The molecular weight excluding hydrogens is 564 g/mol. The van der Waals surface area contributed by atoms with Gasteiger partial charge >= 0.3 is 0 Å². The first-order valence-corrected chi connectivity index (χ1v) is 13.5. The highest BCUT2D eigenvalue weighted by molar-refractivity contribution is 5.65. The maximum atomic E-state index is 6.08. The average Bonchev–Trinajstić information content (AvgIpc) is 3.88. The van der Waals surface area contributed by atoms with Crippen molar-refractivity contribution in [3.63, 3.8) is 0 Å². The Morgan fingerprint density at radius 3 is 1.59 bits per heavy atom. The molecule has 0 N–H and O–H groups in total. The largest absolute Gasteiger partial charge is 0.492 e. The lowest BCUT2D eigenvalue weighted by atomic mass is 10.2. The number of oxazole rings is 4. The minimum absolute atomic E-state index is 0.289. The van der Waals surface area contributed by atoms with Crippen molar-refractivity contribution in [3.8, 4) is 74.5 Å². The van der Waals surface area contributed by atoms with Crippen molar-refractivity contribution in [3.05, 3.63) is 86.4 Å². The Balaban J connectivity index is 1.17. The molecule has 0 saturated carbocycles. The molecule has 0 atom stereocenters. The third-order valence-electron chi connectivity index (χ3n) is 6.52. The molecule has 0 bridgehead atoms. The van der Waals surface area contributed by atoms with E-state index in [1.807, 2.05) is 43.3 Å². The molecular formula is C31H24N8O5. The molecule has 13 heteroatoms. The number of pyridine rings is 3. The molecule has 218 valence electrons. The second-order valence-corrected chi connectivity index (χ2v) is 9.88. The summed E-state index contributed by atoms with van der Waals surface area (Å²) in [6.45, 7) is 1.19. The van der Waals surface area contributed by atoms with Gasteiger partial charge in [-0.2, -0.15) is 0 Å². The van der Waals surface area contributed by atoms with Crippen molar-refractivity contribution < 1.29 is 22.4 Å². The molecule has 0 unspecified atom stereocenters. The molecule has 44 heavy (non-hydrogen) atoms. The monoisotopic (exact) mass is 588 g/mol. The number of hydrogen-bond acceptors (Lipinski definition) is 13. The maximum Gasteiger partial charge on any atom is 0.245 e. The van der Waals surface area contributed by atoms with Crippen molar-refractivity contribution in [1.29, 1.82) is 0 Å². The normalized spacial score (nSPS) is 11.3. The van der Waals surface area contributed by atoms with Crippen LogP contribution < -0.4 is 4.74 Å². The van der Waals surface area contributed by atoms with Crippen LogP contribution in [0.15, 0.2) is 104 Å². The predicted molar refractivity (Wildman–Crippen MR) is 157 cm³/mol. The summed E-state index contributed by atoms with van der Waals surface area (Å²) < 4.78 is 28.9. The van der Waals surface area contributed by atoms with Crippen LogP contribution in [0.3, 0.4) is 0 Å². The van der Waals surface area contributed by atoms with Gasteiger partial charge in [-0.15, -0.1) is 0 Å². The van der Waals surface area contributed by atoms with E-state index in [1.165, 1.54) is 12.8 Å². The number of nitrogens with zero attached hydrogens (tertiary/aromatic N) is 8. The molecule has 0 saturated heterocycles. The quantitative estimate of drug-likeness (QED) is 0.190. The van der Waals surface area contributed by atoms with E-state index in [-0.39, 0.29) is 11.8 Å². The zero-order valence-electron chi connectivity index (χ0n) is 23.6. The molecule has 0 aliphatic heterocycles. The van der Waals surface area contributed by atoms with E-state index in [0.717, 1.165) is 17.7 Å². The van der Waals surface area contributed by atoms with Crippen LogP contribution in [0.2, 0.25) is 0 Å². The topological polar surface area (TPSA) is 155 Å². The molecule has 7 aromatic rings. The molecule has 13 nitrogen and oxygen atoms in total. The molecule has 0 fully saturated rings. The van der Waals surface area contributed by atoms with Crippen LogP contribution in [-0.4, -0.2) is 67.0 Å². The molecule has 0 aromatic carbocycles. The van der Waals surface area contributed by atoms with Crippen LogP contribution in [0.5, 0.6) is 5.75 Å². The van der Waals surface area contributed by atoms with E-state index >= 15 is 0 Å². The summed E-state index contributed by atoms with van der Waals surface area (Å²) in [5.41, 5.74) is 3.69. The van der Waals surface area contributed by atoms with Crippen LogP contribution in [0.4, 0.5) is 0 Å². The molecule has 0 amide bonds. The standard InChI is InChI=1S/C31H24N8O5/c1-39(2)7-8-40-21-9-24(30-36-15-28(43-30)22-5-3-19(11-34-22)26-13-32-17-41-26)38-25(10-21)31-37-16-29(44-31)23-6-4-20(12-35-23)27-14-33-18-42-27/h3-6,9-18H,7-8H2,1-2H3. The van der Waals surface area contributed by atoms with Gasteiger partial charge in [0.15, 0.2) is 35.8 Å². The number of rotatable bonds is 10. The molecule has 0 aliphatic carbocycles. The van der Waals surface area contributed by atoms with Crippen LogP contribution in [0, 0.1) is 0 Å². The summed E-state index contributed by atoms with van der Waals surface area (Å²) in [7, 11) is 3.96. The molecule has 0 spiro atoms. The lowest BCUT2D eigenvalue weighted by Crippen LogP contribution is -2.19. The van der Waals surface area contributed by atoms with Gasteiger partial charge in [-0.1, -0.05) is 0 Å². The Bertz CT molecular complexity index is 1830. The average molecular weight is 589 g/mol. The third kappa shape index (κ3) is 5.71. The second-order valence-electron chi connectivity index (χ2n) is 9.88. The van der Waals surface area contributed by atoms with Crippen LogP contribution in [0.25, 0.3) is 68.7 Å². The van der Waals surface area contributed by atoms with Gasteiger partial charge in [0.05, 0.1) is 24.8 Å². The first-order chi connectivity index (χ1) is 21.6. The SMILES string of the molecule is CN(C)CCOc1cc(-c2ncc(-c3ccc(-c4cnco4)cn3)o2)nc(-c2ncc(-c3ccc(-c4cnco4)cn3)o2)c1. The zero-order chi connectivity index (χ0) is 29.9. The minimum atomic E-state index is 0.289. The molecule has 7 aromatic heterocycles. The Morgan fingerprint density at radius 1 is 0.614 bits per heavy atom. The fourth-order valence-corrected chi connectivity index (χ4v) is 4.26. The Hall–Kier alpha value is -5.95. The summed E-state index contributed by atoms with van der Waals surface area (Å²) in [5.74, 6) is 3.34. The van der Waals surface area contributed by atoms with Gasteiger partial charge in [-0.3, -0.25) is 9.97 Å². The van der Waals surface area contributed by atoms with Gasteiger partial charge in [0.2, 0.25) is 11.8 Å². The Kier molecular flexibility index (Phi) is 7.18. The van der Waals surface area contributed by atoms with Gasteiger partial charge in [0, 0.05) is 42.2 Å². The highest BCUT2D eigenvalue weighted by atomic mass is 16.5. The van der Waals surface area contributed by atoms with Crippen LogP contribution in [-0.2, 0) is 0 Å². The van der Waals surface area contributed by atoms with Crippen molar-refractivity contribution in [2.45, 2.75) is 0 Å². The lowest BCUT2D eigenvalue weighted by Gasteiger charge is -2.12. The zero-order valence-corrected chi connectivity index (χ0v) is 23.6. The minimum Gasteiger partial charge on any atom is -0.492 e. The fourth-order valence-electron chi connectivity index (χ4n) is 4.26. The van der Waals surface area contributed by atoms with Gasteiger partial charge in [-0.25, -0.2) is 24.9 Å². The van der Waals surface area contributed by atoms with Crippen molar-refractivity contribution >= 4 is 0 Å². The van der Waals surface area contributed by atoms with E-state index < -0.39 is 0 Å². The van der Waals surface area contributed by atoms with Crippen LogP contribution >= 0.6 is 0 Å². The molecule has 7 heterocycles. The molecule has 0 aliphatic rings. The van der Waals surface area contributed by atoms with Crippen molar-refractivity contribution in [2.75, 3.05) is 27.2 Å². The predicted octanol–water partition coefficient (Wildman–Crippen LogP) is 5.77. The van der Waals surface area contributed by atoms with Gasteiger partial charge < -0.3 is 27.3 Å². The van der Waals surface area contributed by atoms with Gasteiger partial charge in [-0.05, 0) is 38.4 Å². The summed E-state index contributed by atoms with van der Waals surface area (Å²) >= 11 is 0. The Labute approximate surface area is 250 Å². The highest BCUT2D eigenvalue weighted by Gasteiger charge is 2.18. The Morgan fingerprint density at radius 2 is 1.16 bits per heavy atom. The van der Waals surface area contributed by atoms with Crippen molar-refractivity contribution in [1.82, 2.24) is 39.8 Å². The van der Waals surface area contributed by atoms with Crippen LogP contribution in [0.1, 0.15) is 0 Å². The molecule has 0 radical (unpaired) electrons. The van der Waals surface area contributed by atoms with E-state index in [2.05, 4.69) is 29.9 Å². The lowest BCUT2D eigenvalue weighted by molar-refractivity contribution is 0.261. The summed E-state index contributed by atoms with van der Waals surface area (Å²) in [4.78, 5) is 32.6. The first kappa shape index (κ1) is 26.9. The number of ether oxygens (including phenoxy) is 1. The number of hydrogen-bond donors (Lipinski definition) is 0. The van der Waals surface area contributed by atoms with E-state index in [0.29, 0.717) is 58.2 Å². The summed E-state index contributed by atoms with van der Waals surface area (Å²) in [5, 5.41) is 0. The number of aromatic nitrogens is 7. The highest BCUT2D eigenvalue weighted by Crippen LogP contribution is 2.32. The summed E-state index contributed by atoms with van der Waals surface area (Å²) in [6, 6.07) is 10.9. The van der Waals surface area contributed by atoms with E-state index in [1.54, 1.807) is 49.3 Å². The fraction of sp³-hybridized carbons (Fsp3) is 0.129. The van der Waals surface area contributed by atoms with Gasteiger partial charge in [0.25, 0.3) is 0 Å². The smallest absolute Gasteiger partial charge is 0.245 e. The third-order valence-corrected chi connectivity index (χ3v) is 6.52. The van der Waals surface area contributed by atoms with E-state index in [9.17, 15) is 0 Å². The summed E-state index contributed by atoms with van der Waals surface area (Å²) in [6.07, 6.45) is 12.6. The molecule has 7 rings (SSSR count). The van der Waals surface area contributed by atoms with Gasteiger partial charge in [0.1, 0.15) is 35.1 Å².